The van der Waals surface area contributed by atoms with Crippen LogP contribution in [-0.4, -0.2) is 16.7 Å². The smallest absolute Gasteiger partial charge is 0.269 e. The van der Waals surface area contributed by atoms with Gasteiger partial charge in [0.1, 0.15) is 0 Å². The van der Waals surface area contributed by atoms with E-state index in [-0.39, 0.29) is 30.0 Å². The van der Waals surface area contributed by atoms with Crippen molar-refractivity contribution >= 4 is 23.2 Å². The Morgan fingerprint density at radius 3 is 2.24 bits per heavy atom. The Bertz CT molecular complexity index is 796. The van der Waals surface area contributed by atoms with Crippen LogP contribution in [0.15, 0.2) is 48.5 Å². The zero-order valence-corrected chi connectivity index (χ0v) is 13.4. The molecule has 2 aromatic rings. The highest BCUT2D eigenvalue weighted by Gasteiger charge is 2.29. The SMILES string of the molecule is O=C(NCc1ccc([N+](=O)[O-])cc1)c1ccc(NC(=O)C2CC2)cc1. The number of hydrogen-bond acceptors (Lipinski definition) is 4. The molecule has 0 spiro atoms. The molecule has 0 heterocycles. The number of rotatable bonds is 6. The number of benzene rings is 2. The van der Waals surface area contributed by atoms with Gasteiger partial charge in [-0.3, -0.25) is 19.7 Å². The van der Waals surface area contributed by atoms with Crippen molar-refractivity contribution in [3.8, 4) is 0 Å². The molecule has 0 bridgehead atoms. The molecular weight excluding hydrogens is 322 g/mol. The molecule has 0 atom stereocenters. The highest BCUT2D eigenvalue weighted by Crippen LogP contribution is 2.30. The quantitative estimate of drug-likeness (QED) is 0.624. The molecule has 25 heavy (non-hydrogen) atoms. The zero-order chi connectivity index (χ0) is 17.8. The number of amides is 2. The zero-order valence-electron chi connectivity index (χ0n) is 13.4. The van der Waals surface area contributed by atoms with Crippen LogP contribution in [0.3, 0.4) is 0 Å². The Hall–Kier alpha value is -3.22. The Balaban J connectivity index is 1.53. The molecule has 0 unspecified atom stereocenters. The third-order valence-electron chi connectivity index (χ3n) is 3.96. The van der Waals surface area contributed by atoms with Crippen molar-refractivity contribution in [3.63, 3.8) is 0 Å². The molecule has 2 amide bonds. The third-order valence-corrected chi connectivity index (χ3v) is 3.96. The lowest BCUT2D eigenvalue weighted by atomic mass is 10.1. The first-order chi connectivity index (χ1) is 12.0. The minimum atomic E-state index is -0.466. The summed E-state index contributed by atoms with van der Waals surface area (Å²) in [7, 11) is 0. The minimum Gasteiger partial charge on any atom is -0.348 e. The van der Waals surface area contributed by atoms with Crippen molar-refractivity contribution in [1.82, 2.24) is 5.32 Å². The minimum absolute atomic E-state index is 0.0129. The predicted molar refractivity (Wildman–Crippen MR) is 92.1 cm³/mol. The number of nitro groups is 1. The molecule has 1 saturated carbocycles. The number of nitro benzene ring substituents is 1. The summed E-state index contributed by atoms with van der Waals surface area (Å²) in [6.45, 7) is 0.275. The summed E-state index contributed by atoms with van der Waals surface area (Å²) in [5.41, 5.74) is 1.93. The van der Waals surface area contributed by atoms with E-state index in [2.05, 4.69) is 10.6 Å². The van der Waals surface area contributed by atoms with Gasteiger partial charge in [0.2, 0.25) is 5.91 Å². The first-order valence-electron chi connectivity index (χ1n) is 7.95. The van der Waals surface area contributed by atoms with E-state index in [4.69, 9.17) is 0 Å². The van der Waals surface area contributed by atoms with Crippen LogP contribution in [-0.2, 0) is 11.3 Å². The van der Waals surface area contributed by atoms with E-state index in [9.17, 15) is 19.7 Å². The number of nitrogens with zero attached hydrogens (tertiary/aromatic N) is 1. The maximum absolute atomic E-state index is 12.1. The lowest BCUT2D eigenvalue weighted by Crippen LogP contribution is -2.22. The maximum Gasteiger partial charge on any atom is 0.269 e. The first kappa shape index (κ1) is 16.6. The molecule has 0 aromatic heterocycles. The van der Waals surface area contributed by atoms with Crippen molar-refractivity contribution in [1.29, 1.82) is 0 Å². The van der Waals surface area contributed by atoms with E-state index in [1.807, 2.05) is 0 Å². The van der Waals surface area contributed by atoms with Gasteiger partial charge < -0.3 is 10.6 Å². The number of nitrogens with one attached hydrogen (secondary N) is 2. The molecule has 7 nitrogen and oxygen atoms in total. The van der Waals surface area contributed by atoms with Crippen molar-refractivity contribution in [2.75, 3.05) is 5.32 Å². The Morgan fingerprint density at radius 1 is 1.04 bits per heavy atom. The normalized spacial score (nSPS) is 13.1. The summed E-state index contributed by atoms with van der Waals surface area (Å²) in [5.74, 6) is -0.0986. The van der Waals surface area contributed by atoms with Gasteiger partial charge >= 0.3 is 0 Å². The molecule has 2 aromatic carbocycles. The fourth-order valence-corrected chi connectivity index (χ4v) is 2.31. The highest BCUT2D eigenvalue weighted by atomic mass is 16.6. The number of non-ortho nitro benzene ring substituents is 1. The number of anilines is 1. The van der Waals surface area contributed by atoms with Crippen LogP contribution in [0.1, 0.15) is 28.8 Å². The summed E-state index contributed by atoms with van der Waals surface area (Å²) in [5, 5.41) is 16.2. The van der Waals surface area contributed by atoms with Crippen molar-refractivity contribution in [2.24, 2.45) is 5.92 Å². The van der Waals surface area contributed by atoms with Crippen molar-refractivity contribution < 1.29 is 14.5 Å². The second kappa shape index (κ2) is 7.12. The van der Waals surface area contributed by atoms with Gasteiger partial charge in [0.25, 0.3) is 11.6 Å². The molecular formula is C18H17N3O4. The molecule has 1 aliphatic rings. The standard InChI is InChI=1S/C18H17N3O4/c22-17(19-11-12-1-9-16(10-2-12)21(24)25)13-5-7-15(8-6-13)20-18(23)14-3-4-14/h1-2,5-10,14H,3-4,11H2,(H,19,22)(H,20,23). The summed E-state index contributed by atoms with van der Waals surface area (Å²) >= 11 is 0. The largest absolute Gasteiger partial charge is 0.348 e. The second-order valence-electron chi connectivity index (χ2n) is 5.95. The van der Waals surface area contributed by atoms with Crippen LogP contribution in [0.4, 0.5) is 11.4 Å². The topological polar surface area (TPSA) is 101 Å². The number of carbonyl (C=O) groups is 2. The first-order valence-corrected chi connectivity index (χ1v) is 7.95. The van der Waals surface area contributed by atoms with Gasteiger partial charge in [0, 0.05) is 35.8 Å². The molecule has 2 N–H and O–H groups in total. The summed E-state index contributed by atoms with van der Waals surface area (Å²) < 4.78 is 0. The van der Waals surface area contributed by atoms with E-state index in [1.54, 1.807) is 36.4 Å². The average molecular weight is 339 g/mol. The van der Waals surface area contributed by atoms with E-state index >= 15 is 0 Å². The molecule has 7 heteroatoms. The monoisotopic (exact) mass is 339 g/mol. The molecule has 1 fully saturated rings. The van der Waals surface area contributed by atoms with Gasteiger partial charge in [0.15, 0.2) is 0 Å². The molecule has 0 radical (unpaired) electrons. The van der Waals surface area contributed by atoms with Crippen LogP contribution in [0.5, 0.6) is 0 Å². The van der Waals surface area contributed by atoms with Crippen LogP contribution >= 0.6 is 0 Å². The van der Waals surface area contributed by atoms with Crippen LogP contribution in [0.2, 0.25) is 0 Å². The van der Waals surface area contributed by atoms with E-state index in [1.165, 1.54) is 12.1 Å². The van der Waals surface area contributed by atoms with Gasteiger partial charge in [0.05, 0.1) is 4.92 Å². The Labute approximate surface area is 144 Å². The summed E-state index contributed by atoms with van der Waals surface area (Å²) in [6.07, 6.45) is 1.88. The van der Waals surface area contributed by atoms with Gasteiger partial charge in [-0.15, -0.1) is 0 Å². The lowest BCUT2D eigenvalue weighted by molar-refractivity contribution is -0.384. The van der Waals surface area contributed by atoms with E-state index in [0.29, 0.717) is 11.3 Å². The van der Waals surface area contributed by atoms with Gasteiger partial charge in [-0.2, -0.15) is 0 Å². The highest BCUT2D eigenvalue weighted by molar-refractivity contribution is 5.96. The number of hydrogen-bond donors (Lipinski definition) is 2. The number of carbonyl (C=O) groups excluding carboxylic acids is 2. The van der Waals surface area contributed by atoms with Gasteiger partial charge in [-0.05, 0) is 42.7 Å². The van der Waals surface area contributed by atoms with Crippen LogP contribution < -0.4 is 10.6 Å². The Kier molecular flexibility index (Phi) is 4.74. The van der Waals surface area contributed by atoms with Crippen molar-refractivity contribution in [2.45, 2.75) is 19.4 Å². The van der Waals surface area contributed by atoms with E-state index in [0.717, 1.165) is 18.4 Å². The molecule has 0 saturated heterocycles. The van der Waals surface area contributed by atoms with Gasteiger partial charge in [-0.25, -0.2) is 0 Å². The third kappa shape index (κ3) is 4.41. The molecule has 128 valence electrons. The molecule has 0 aliphatic heterocycles. The molecule has 1 aliphatic carbocycles. The second-order valence-corrected chi connectivity index (χ2v) is 5.95. The molecule has 3 rings (SSSR count). The van der Waals surface area contributed by atoms with Gasteiger partial charge in [-0.1, -0.05) is 12.1 Å². The fourth-order valence-electron chi connectivity index (χ4n) is 2.31. The Morgan fingerprint density at radius 2 is 1.68 bits per heavy atom. The maximum atomic E-state index is 12.1. The summed E-state index contributed by atoms with van der Waals surface area (Å²) in [4.78, 5) is 34.0. The predicted octanol–water partition coefficient (Wildman–Crippen LogP) is 2.87. The average Bonchev–Trinajstić information content (AvgIpc) is 3.46. The van der Waals surface area contributed by atoms with Crippen molar-refractivity contribution in [3.05, 3.63) is 69.8 Å². The summed E-state index contributed by atoms with van der Waals surface area (Å²) in [6, 6.07) is 12.7. The fraction of sp³-hybridized carbons (Fsp3) is 0.222. The van der Waals surface area contributed by atoms with Crippen LogP contribution in [0.25, 0.3) is 0 Å². The lowest BCUT2D eigenvalue weighted by Gasteiger charge is -2.07. The van der Waals surface area contributed by atoms with Crippen LogP contribution in [0, 0.1) is 16.0 Å². The van der Waals surface area contributed by atoms with E-state index < -0.39 is 4.92 Å².